The molecule has 0 atom stereocenters. The molecule has 0 saturated carbocycles. The third-order valence-electron chi connectivity index (χ3n) is 6.17. The molecule has 0 amide bonds. The molecule has 0 radical (unpaired) electrons. The van der Waals surface area contributed by atoms with Crippen molar-refractivity contribution in [3.05, 3.63) is 131 Å². The van der Waals surface area contributed by atoms with Crippen molar-refractivity contribution >= 4 is 33.2 Å². The normalized spacial score (nSPS) is 11.4. The van der Waals surface area contributed by atoms with Crippen LogP contribution in [0.2, 0.25) is 0 Å². The van der Waals surface area contributed by atoms with Crippen molar-refractivity contribution in [3.8, 4) is 28.8 Å². The standard InChI is InChI=1S/C32H21FN4OS/c33-28-14-5-4-9-23(28)21-38-27-13-8-10-22(18-27)31-25(20-37(36-31)26-11-2-1-3-12-26)17-24(19-34)32-35-29-15-6-7-16-30(29)39-32/h1-18,20H,21H2. The van der Waals surface area contributed by atoms with Crippen LogP contribution in [0.3, 0.4) is 0 Å². The number of hydrogen-bond donors (Lipinski definition) is 0. The van der Waals surface area contributed by atoms with E-state index >= 15 is 0 Å². The number of para-hydroxylation sites is 2. The Morgan fingerprint density at radius 1 is 0.949 bits per heavy atom. The highest BCUT2D eigenvalue weighted by Crippen LogP contribution is 2.32. The Hall–Kier alpha value is -5.06. The van der Waals surface area contributed by atoms with Crippen LogP contribution in [0.25, 0.3) is 38.8 Å². The molecule has 0 spiro atoms. The van der Waals surface area contributed by atoms with E-state index in [1.54, 1.807) is 22.9 Å². The van der Waals surface area contributed by atoms with Gasteiger partial charge >= 0.3 is 0 Å². The fraction of sp³-hybridized carbons (Fsp3) is 0.0312. The molecule has 0 aliphatic carbocycles. The highest BCUT2D eigenvalue weighted by molar-refractivity contribution is 7.19. The molecular formula is C32H21FN4OS. The summed E-state index contributed by atoms with van der Waals surface area (Å²) in [6.45, 7) is 0.109. The van der Waals surface area contributed by atoms with E-state index in [2.05, 4.69) is 11.1 Å². The Bertz CT molecular complexity index is 1820. The van der Waals surface area contributed by atoms with Gasteiger partial charge in [-0.2, -0.15) is 10.4 Å². The molecule has 6 rings (SSSR count). The number of nitriles is 1. The first kappa shape index (κ1) is 24.3. The van der Waals surface area contributed by atoms with Crippen molar-refractivity contribution in [2.24, 2.45) is 0 Å². The molecule has 2 aromatic heterocycles. The Balaban J connectivity index is 1.40. The van der Waals surface area contributed by atoms with Crippen molar-refractivity contribution < 1.29 is 9.13 Å². The van der Waals surface area contributed by atoms with Crippen molar-refractivity contribution in [3.63, 3.8) is 0 Å². The third-order valence-corrected chi connectivity index (χ3v) is 7.24. The van der Waals surface area contributed by atoms with Gasteiger partial charge in [0.05, 0.1) is 21.5 Å². The summed E-state index contributed by atoms with van der Waals surface area (Å²) in [4.78, 5) is 4.67. The van der Waals surface area contributed by atoms with Crippen molar-refractivity contribution in [2.75, 3.05) is 0 Å². The Morgan fingerprint density at radius 3 is 2.56 bits per heavy atom. The summed E-state index contributed by atoms with van der Waals surface area (Å²) < 4.78 is 22.8. The molecule has 188 valence electrons. The molecule has 0 fully saturated rings. The van der Waals surface area contributed by atoms with Crippen LogP contribution < -0.4 is 4.74 Å². The first-order valence-corrected chi connectivity index (χ1v) is 13.1. The molecular weight excluding hydrogens is 507 g/mol. The number of allylic oxidation sites excluding steroid dienone is 1. The number of fused-ring (bicyclic) bond motifs is 1. The largest absolute Gasteiger partial charge is 0.489 e. The molecule has 2 heterocycles. The number of thiazole rings is 1. The van der Waals surface area contributed by atoms with Gasteiger partial charge in [-0.3, -0.25) is 0 Å². The van der Waals surface area contributed by atoms with Crippen molar-refractivity contribution in [2.45, 2.75) is 6.61 Å². The second-order valence-corrected chi connectivity index (χ2v) is 9.81. The molecule has 0 N–H and O–H groups in total. The summed E-state index contributed by atoms with van der Waals surface area (Å²) in [7, 11) is 0. The van der Waals surface area contributed by atoms with E-state index in [1.807, 2.05) is 91.1 Å². The monoisotopic (exact) mass is 528 g/mol. The average molecular weight is 529 g/mol. The van der Waals surface area contributed by atoms with Crippen LogP contribution in [0.5, 0.6) is 5.75 Å². The molecule has 6 aromatic rings. The maximum atomic E-state index is 14.1. The second-order valence-electron chi connectivity index (χ2n) is 8.78. The zero-order valence-corrected chi connectivity index (χ0v) is 21.5. The first-order chi connectivity index (χ1) is 19.2. The Morgan fingerprint density at radius 2 is 1.74 bits per heavy atom. The zero-order chi connectivity index (χ0) is 26.6. The molecule has 0 unspecified atom stereocenters. The summed E-state index contributed by atoms with van der Waals surface area (Å²) in [5.41, 5.74) is 4.95. The lowest BCUT2D eigenvalue weighted by Gasteiger charge is -2.08. The molecule has 7 heteroatoms. The predicted octanol–water partition coefficient (Wildman–Crippen LogP) is 7.93. The van der Waals surface area contributed by atoms with Gasteiger partial charge in [0.25, 0.3) is 0 Å². The van der Waals surface area contributed by atoms with Gasteiger partial charge in [0.15, 0.2) is 0 Å². The van der Waals surface area contributed by atoms with Crippen LogP contribution in [0, 0.1) is 17.1 Å². The lowest BCUT2D eigenvalue weighted by molar-refractivity contribution is 0.300. The van der Waals surface area contributed by atoms with Crippen LogP contribution in [0.1, 0.15) is 16.1 Å². The maximum absolute atomic E-state index is 14.1. The second kappa shape index (κ2) is 10.7. The van der Waals surface area contributed by atoms with Gasteiger partial charge in [-0.05, 0) is 48.5 Å². The minimum atomic E-state index is -0.304. The van der Waals surface area contributed by atoms with Gasteiger partial charge in [0, 0.05) is 22.9 Å². The molecule has 5 nitrogen and oxygen atoms in total. The van der Waals surface area contributed by atoms with Crippen LogP contribution in [0.15, 0.2) is 109 Å². The number of hydrogen-bond acceptors (Lipinski definition) is 5. The Kier molecular flexibility index (Phi) is 6.69. The van der Waals surface area contributed by atoms with E-state index < -0.39 is 0 Å². The van der Waals surface area contributed by atoms with Crippen LogP contribution in [-0.2, 0) is 6.61 Å². The summed E-state index contributed by atoms with van der Waals surface area (Å²) in [6.07, 6.45) is 3.73. The number of rotatable bonds is 7. The number of halogens is 1. The van der Waals surface area contributed by atoms with E-state index in [4.69, 9.17) is 9.84 Å². The highest BCUT2D eigenvalue weighted by Gasteiger charge is 2.15. The van der Waals surface area contributed by atoms with Crippen LogP contribution >= 0.6 is 11.3 Å². The van der Waals surface area contributed by atoms with Crippen LogP contribution in [0.4, 0.5) is 4.39 Å². The number of nitrogens with zero attached hydrogens (tertiary/aromatic N) is 4. The van der Waals surface area contributed by atoms with E-state index in [0.717, 1.165) is 27.0 Å². The van der Waals surface area contributed by atoms with Gasteiger partial charge in [-0.25, -0.2) is 14.1 Å². The maximum Gasteiger partial charge on any atom is 0.135 e. The summed E-state index contributed by atoms with van der Waals surface area (Å²) in [5.74, 6) is 0.285. The fourth-order valence-corrected chi connectivity index (χ4v) is 5.16. The zero-order valence-electron chi connectivity index (χ0n) is 20.7. The van der Waals surface area contributed by atoms with Crippen molar-refractivity contribution in [1.29, 1.82) is 5.26 Å². The van der Waals surface area contributed by atoms with Gasteiger partial charge in [0.1, 0.15) is 34.9 Å². The highest BCUT2D eigenvalue weighted by atomic mass is 32.1. The van der Waals surface area contributed by atoms with Crippen LogP contribution in [-0.4, -0.2) is 14.8 Å². The molecule has 4 aromatic carbocycles. The quantitative estimate of drug-likeness (QED) is 0.197. The van der Waals surface area contributed by atoms with E-state index in [0.29, 0.717) is 27.6 Å². The lowest BCUT2D eigenvalue weighted by Crippen LogP contribution is -1.98. The van der Waals surface area contributed by atoms with E-state index in [9.17, 15) is 9.65 Å². The smallest absolute Gasteiger partial charge is 0.135 e. The van der Waals surface area contributed by atoms with Gasteiger partial charge < -0.3 is 4.74 Å². The predicted molar refractivity (Wildman–Crippen MR) is 153 cm³/mol. The Labute approximate surface area is 228 Å². The number of ether oxygens (including phenoxy) is 1. The first-order valence-electron chi connectivity index (χ1n) is 12.3. The fourth-order valence-electron chi connectivity index (χ4n) is 4.22. The van der Waals surface area contributed by atoms with E-state index in [1.165, 1.54) is 17.4 Å². The molecule has 0 saturated heterocycles. The third kappa shape index (κ3) is 5.19. The van der Waals surface area contributed by atoms with Gasteiger partial charge in [-0.15, -0.1) is 11.3 Å². The van der Waals surface area contributed by atoms with Gasteiger partial charge in [-0.1, -0.05) is 60.7 Å². The molecule has 39 heavy (non-hydrogen) atoms. The number of benzene rings is 4. The van der Waals surface area contributed by atoms with Crippen molar-refractivity contribution in [1.82, 2.24) is 14.8 Å². The average Bonchev–Trinajstić information content (AvgIpc) is 3.61. The molecule has 0 aliphatic heterocycles. The van der Waals surface area contributed by atoms with Gasteiger partial charge in [0.2, 0.25) is 0 Å². The van der Waals surface area contributed by atoms with E-state index in [-0.39, 0.29) is 12.4 Å². The minimum Gasteiger partial charge on any atom is -0.489 e. The number of aromatic nitrogens is 3. The lowest BCUT2D eigenvalue weighted by atomic mass is 10.1. The topological polar surface area (TPSA) is 63.7 Å². The molecule has 0 bridgehead atoms. The SMILES string of the molecule is N#CC(=Cc1cn(-c2ccccc2)nc1-c1cccc(OCc2ccccc2F)c1)c1nc2ccccc2s1. The summed E-state index contributed by atoms with van der Waals surface area (Å²) in [5, 5.41) is 15.6. The minimum absolute atomic E-state index is 0.109. The summed E-state index contributed by atoms with van der Waals surface area (Å²) >= 11 is 1.48. The summed E-state index contributed by atoms with van der Waals surface area (Å²) in [6, 6.07) is 34.0. The molecule has 0 aliphatic rings.